The van der Waals surface area contributed by atoms with Crippen LogP contribution in [0.2, 0.25) is 0 Å². The maximum absolute atomic E-state index is 10.5. The number of thiazole rings is 1. The summed E-state index contributed by atoms with van der Waals surface area (Å²) in [6, 6.07) is 0. The summed E-state index contributed by atoms with van der Waals surface area (Å²) in [6.45, 7) is 5.62. The molecule has 1 rings (SSSR count). The van der Waals surface area contributed by atoms with Gasteiger partial charge in [-0.05, 0) is 26.3 Å². The highest BCUT2D eigenvalue weighted by molar-refractivity contribution is 7.98. The van der Waals surface area contributed by atoms with E-state index in [1.807, 2.05) is 25.9 Å². The van der Waals surface area contributed by atoms with Gasteiger partial charge in [0, 0.05) is 30.8 Å². The summed E-state index contributed by atoms with van der Waals surface area (Å²) in [5, 5.41) is 19.7. The second-order valence-electron chi connectivity index (χ2n) is 5.30. The SMILES string of the molecule is C=CCNC(=C[N+](=O)[O-])NCCCSCc1csc(CN(C)C)n1. The summed E-state index contributed by atoms with van der Waals surface area (Å²) in [7, 11) is 4.07. The fourth-order valence-electron chi connectivity index (χ4n) is 1.77. The summed E-state index contributed by atoms with van der Waals surface area (Å²) in [5.41, 5.74) is 1.12. The molecule has 0 spiro atoms. The molecule has 0 amide bonds. The summed E-state index contributed by atoms with van der Waals surface area (Å²) >= 11 is 3.52. The van der Waals surface area contributed by atoms with Gasteiger partial charge in [-0.25, -0.2) is 4.98 Å². The van der Waals surface area contributed by atoms with Crippen LogP contribution in [-0.4, -0.2) is 47.7 Å². The first-order valence-corrected chi connectivity index (χ1v) is 9.64. The zero-order valence-corrected chi connectivity index (χ0v) is 15.8. The highest BCUT2D eigenvalue weighted by Crippen LogP contribution is 2.17. The second kappa shape index (κ2) is 11.9. The first-order valence-electron chi connectivity index (χ1n) is 7.61. The summed E-state index contributed by atoms with van der Waals surface area (Å²) in [4.78, 5) is 16.8. The van der Waals surface area contributed by atoms with Gasteiger partial charge < -0.3 is 15.5 Å². The van der Waals surface area contributed by atoms with Gasteiger partial charge in [0.2, 0.25) is 0 Å². The van der Waals surface area contributed by atoms with Gasteiger partial charge in [0.1, 0.15) is 5.01 Å². The molecule has 0 fully saturated rings. The second-order valence-corrected chi connectivity index (χ2v) is 7.35. The van der Waals surface area contributed by atoms with E-state index in [9.17, 15) is 10.1 Å². The Labute approximate surface area is 151 Å². The van der Waals surface area contributed by atoms with Crippen molar-refractivity contribution >= 4 is 23.1 Å². The molecule has 0 aliphatic heterocycles. The zero-order valence-electron chi connectivity index (χ0n) is 14.2. The van der Waals surface area contributed by atoms with Crippen LogP contribution >= 0.6 is 23.1 Å². The minimum absolute atomic E-state index is 0.415. The number of nitrogens with one attached hydrogen (secondary N) is 2. The highest BCUT2D eigenvalue weighted by atomic mass is 32.2. The molecule has 1 aromatic heterocycles. The number of hydrogen-bond acceptors (Lipinski definition) is 8. The lowest BCUT2D eigenvalue weighted by molar-refractivity contribution is -0.404. The molecule has 0 bridgehead atoms. The van der Waals surface area contributed by atoms with Gasteiger partial charge in [0.05, 0.1) is 10.6 Å². The Kier molecular flexibility index (Phi) is 10.1. The Morgan fingerprint density at radius 1 is 1.54 bits per heavy atom. The fourth-order valence-corrected chi connectivity index (χ4v) is 3.64. The van der Waals surface area contributed by atoms with Crippen molar-refractivity contribution in [3.05, 3.63) is 50.9 Å². The van der Waals surface area contributed by atoms with Crippen LogP contribution in [0, 0.1) is 10.1 Å². The number of hydrogen-bond donors (Lipinski definition) is 2. The Hall–Kier alpha value is -1.58. The van der Waals surface area contributed by atoms with E-state index in [0.29, 0.717) is 18.9 Å². The maximum atomic E-state index is 10.5. The normalized spacial score (nSPS) is 11.5. The van der Waals surface area contributed by atoms with E-state index >= 15 is 0 Å². The van der Waals surface area contributed by atoms with Crippen molar-refractivity contribution in [3.8, 4) is 0 Å². The van der Waals surface area contributed by atoms with E-state index in [-0.39, 0.29) is 0 Å². The van der Waals surface area contributed by atoms with Crippen LogP contribution in [0.3, 0.4) is 0 Å². The topological polar surface area (TPSA) is 83.3 Å². The third kappa shape index (κ3) is 9.53. The summed E-state index contributed by atoms with van der Waals surface area (Å²) < 4.78 is 0. The van der Waals surface area contributed by atoms with Gasteiger partial charge >= 0.3 is 0 Å². The zero-order chi connectivity index (χ0) is 17.8. The van der Waals surface area contributed by atoms with Crippen LogP contribution in [0.25, 0.3) is 0 Å². The fraction of sp³-hybridized carbons (Fsp3) is 0.533. The predicted octanol–water partition coefficient (Wildman–Crippen LogP) is 2.27. The van der Waals surface area contributed by atoms with Gasteiger partial charge in [0.25, 0.3) is 6.20 Å². The smallest absolute Gasteiger partial charge is 0.274 e. The van der Waals surface area contributed by atoms with Crippen LogP contribution in [0.4, 0.5) is 0 Å². The molecule has 0 saturated carbocycles. The Balaban J connectivity index is 2.19. The molecule has 0 radical (unpaired) electrons. The first-order chi connectivity index (χ1) is 11.5. The highest BCUT2D eigenvalue weighted by Gasteiger charge is 2.04. The third-order valence-corrected chi connectivity index (χ3v) is 4.71. The van der Waals surface area contributed by atoms with Gasteiger partial charge in [-0.15, -0.1) is 17.9 Å². The van der Waals surface area contributed by atoms with Crippen molar-refractivity contribution in [2.45, 2.75) is 18.7 Å². The molecule has 1 aromatic rings. The predicted molar refractivity (Wildman–Crippen MR) is 102 cm³/mol. The lowest BCUT2D eigenvalue weighted by Crippen LogP contribution is -2.28. The molecule has 9 heteroatoms. The number of rotatable bonds is 13. The number of nitro groups is 1. The standard InChI is InChI=1S/C15H25N5O2S2/c1-4-6-16-14(9-20(21)22)17-7-5-8-23-11-13-12-24-15(18-13)10-19(2)3/h4,9,12,16-17H,1,5-8,10-11H2,2-3H3. The molecule has 0 aliphatic rings. The molecule has 1 heterocycles. The van der Waals surface area contributed by atoms with Crippen LogP contribution in [-0.2, 0) is 12.3 Å². The number of nitrogens with zero attached hydrogens (tertiary/aromatic N) is 3. The van der Waals surface area contributed by atoms with Crippen molar-refractivity contribution in [1.29, 1.82) is 0 Å². The molecule has 0 aromatic carbocycles. The van der Waals surface area contributed by atoms with E-state index < -0.39 is 4.92 Å². The number of thioether (sulfide) groups is 1. The lowest BCUT2D eigenvalue weighted by atomic mass is 10.4. The quantitative estimate of drug-likeness (QED) is 0.238. The minimum atomic E-state index is -0.472. The molecule has 0 saturated heterocycles. The Morgan fingerprint density at radius 2 is 2.33 bits per heavy atom. The van der Waals surface area contributed by atoms with E-state index in [2.05, 4.69) is 32.5 Å². The van der Waals surface area contributed by atoms with Crippen LogP contribution in [0.5, 0.6) is 0 Å². The van der Waals surface area contributed by atoms with Crippen molar-refractivity contribution in [1.82, 2.24) is 20.5 Å². The van der Waals surface area contributed by atoms with E-state index in [1.165, 1.54) is 0 Å². The van der Waals surface area contributed by atoms with E-state index in [0.717, 1.165) is 41.4 Å². The molecule has 134 valence electrons. The molecule has 7 nitrogen and oxygen atoms in total. The maximum Gasteiger partial charge on any atom is 0.274 e. The van der Waals surface area contributed by atoms with Crippen molar-refractivity contribution in [2.24, 2.45) is 0 Å². The number of aromatic nitrogens is 1. The van der Waals surface area contributed by atoms with E-state index in [4.69, 9.17) is 0 Å². The molecule has 0 aliphatic carbocycles. The van der Waals surface area contributed by atoms with Gasteiger partial charge in [-0.3, -0.25) is 10.1 Å². The molecule has 0 unspecified atom stereocenters. The molecular weight excluding hydrogens is 346 g/mol. The van der Waals surface area contributed by atoms with Gasteiger partial charge in [-0.1, -0.05) is 6.08 Å². The Bertz CT molecular complexity index is 546. The Morgan fingerprint density at radius 3 is 3.00 bits per heavy atom. The lowest BCUT2D eigenvalue weighted by Gasteiger charge is -2.09. The molecule has 2 N–H and O–H groups in total. The third-order valence-electron chi connectivity index (χ3n) is 2.75. The van der Waals surface area contributed by atoms with Crippen molar-refractivity contribution in [2.75, 3.05) is 32.9 Å². The van der Waals surface area contributed by atoms with Crippen LogP contribution < -0.4 is 10.6 Å². The molecule has 0 atom stereocenters. The largest absolute Gasteiger partial charge is 0.367 e. The average Bonchev–Trinajstić information content (AvgIpc) is 2.94. The van der Waals surface area contributed by atoms with Crippen LogP contribution in [0.1, 0.15) is 17.1 Å². The molecular formula is C15H25N5O2S2. The summed E-state index contributed by atoms with van der Waals surface area (Å²) in [5.74, 6) is 2.29. The molecule has 24 heavy (non-hydrogen) atoms. The first kappa shape index (κ1) is 20.5. The summed E-state index contributed by atoms with van der Waals surface area (Å²) in [6.07, 6.45) is 3.52. The monoisotopic (exact) mass is 371 g/mol. The van der Waals surface area contributed by atoms with Crippen molar-refractivity contribution < 1.29 is 4.92 Å². The minimum Gasteiger partial charge on any atom is -0.367 e. The van der Waals surface area contributed by atoms with Crippen molar-refractivity contribution in [3.63, 3.8) is 0 Å². The average molecular weight is 372 g/mol. The van der Waals surface area contributed by atoms with E-state index in [1.54, 1.807) is 17.4 Å². The van der Waals surface area contributed by atoms with Gasteiger partial charge in [0.15, 0.2) is 5.82 Å². The van der Waals surface area contributed by atoms with Crippen LogP contribution in [0.15, 0.2) is 30.1 Å². The van der Waals surface area contributed by atoms with Gasteiger partial charge in [-0.2, -0.15) is 11.8 Å².